The van der Waals surface area contributed by atoms with E-state index >= 15 is 0 Å². The highest BCUT2D eigenvalue weighted by Crippen LogP contribution is 2.24. The van der Waals surface area contributed by atoms with Crippen molar-refractivity contribution >= 4 is 16.9 Å². The Kier molecular flexibility index (Phi) is 6.42. The van der Waals surface area contributed by atoms with Gasteiger partial charge in [-0.05, 0) is 68.6 Å². The van der Waals surface area contributed by atoms with E-state index in [4.69, 9.17) is 0 Å². The molecule has 0 radical (unpaired) electrons. The SMILES string of the molecule is CNC(=O)CCC1CCN(Cc2cc3cccnc3n(-c3ccccc3F)c2=O)CC1. The number of nitrogens with zero attached hydrogens (tertiary/aromatic N) is 3. The molecule has 162 valence electrons. The van der Waals surface area contributed by atoms with Gasteiger partial charge in [0.1, 0.15) is 11.5 Å². The van der Waals surface area contributed by atoms with Gasteiger partial charge in [-0.15, -0.1) is 0 Å². The number of halogens is 1. The molecule has 0 bridgehead atoms. The number of rotatable bonds is 6. The van der Waals surface area contributed by atoms with Gasteiger partial charge in [-0.25, -0.2) is 9.37 Å². The molecule has 0 atom stereocenters. The second kappa shape index (κ2) is 9.39. The first-order chi connectivity index (χ1) is 15.1. The van der Waals surface area contributed by atoms with Gasteiger partial charge in [-0.1, -0.05) is 12.1 Å². The van der Waals surface area contributed by atoms with Crippen molar-refractivity contribution in [2.45, 2.75) is 32.2 Å². The van der Waals surface area contributed by atoms with Gasteiger partial charge in [-0.2, -0.15) is 0 Å². The van der Waals surface area contributed by atoms with Crippen molar-refractivity contribution in [3.05, 3.63) is 70.4 Å². The number of pyridine rings is 2. The number of piperidine rings is 1. The van der Waals surface area contributed by atoms with Gasteiger partial charge in [0.05, 0.1) is 5.69 Å². The standard InChI is InChI=1S/C24H27FN4O2/c1-26-22(30)9-8-17-10-13-28(14-11-17)16-19-15-18-5-4-12-27-23(18)29(24(19)31)21-7-3-2-6-20(21)25/h2-7,12,15,17H,8-11,13-14,16H2,1H3,(H,26,30). The van der Waals surface area contributed by atoms with Crippen LogP contribution in [0.25, 0.3) is 16.7 Å². The predicted octanol–water partition coefficient (Wildman–Crippen LogP) is 3.26. The lowest BCUT2D eigenvalue weighted by molar-refractivity contribution is -0.120. The van der Waals surface area contributed by atoms with E-state index in [0.717, 1.165) is 37.7 Å². The number of fused-ring (bicyclic) bond motifs is 1. The molecule has 4 rings (SSSR count). The summed E-state index contributed by atoms with van der Waals surface area (Å²) in [6, 6.07) is 11.9. The largest absolute Gasteiger partial charge is 0.359 e. The van der Waals surface area contributed by atoms with Crippen LogP contribution in [0.15, 0.2) is 53.5 Å². The number of benzene rings is 1. The molecular weight excluding hydrogens is 395 g/mol. The Labute approximate surface area is 180 Å². The first-order valence-corrected chi connectivity index (χ1v) is 10.7. The maximum absolute atomic E-state index is 14.5. The van der Waals surface area contributed by atoms with Crippen molar-refractivity contribution in [3.63, 3.8) is 0 Å². The summed E-state index contributed by atoms with van der Waals surface area (Å²) in [6.07, 6.45) is 5.09. The number of amides is 1. The third-order valence-corrected chi connectivity index (χ3v) is 6.09. The van der Waals surface area contributed by atoms with E-state index in [9.17, 15) is 14.0 Å². The van der Waals surface area contributed by atoms with Crippen molar-refractivity contribution in [1.29, 1.82) is 0 Å². The number of hydrogen-bond acceptors (Lipinski definition) is 4. The van der Waals surface area contributed by atoms with E-state index in [1.807, 2.05) is 18.2 Å². The zero-order chi connectivity index (χ0) is 21.8. The van der Waals surface area contributed by atoms with Crippen LogP contribution in [-0.2, 0) is 11.3 Å². The number of carbonyl (C=O) groups excluding carboxylic acids is 1. The van der Waals surface area contributed by atoms with Crippen molar-refractivity contribution in [2.75, 3.05) is 20.1 Å². The van der Waals surface area contributed by atoms with Crippen LogP contribution in [-0.4, -0.2) is 40.5 Å². The molecule has 0 spiro atoms. The Balaban J connectivity index is 1.57. The molecule has 3 heterocycles. The van der Waals surface area contributed by atoms with Crippen molar-refractivity contribution in [2.24, 2.45) is 5.92 Å². The van der Waals surface area contributed by atoms with E-state index in [0.29, 0.717) is 30.1 Å². The second-order valence-corrected chi connectivity index (χ2v) is 8.11. The average molecular weight is 423 g/mol. The molecule has 1 N–H and O–H groups in total. The highest BCUT2D eigenvalue weighted by molar-refractivity contribution is 5.77. The Morgan fingerprint density at radius 2 is 1.97 bits per heavy atom. The fourth-order valence-electron chi connectivity index (χ4n) is 4.30. The summed E-state index contributed by atoms with van der Waals surface area (Å²) in [5, 5.41) is 3.48. The predicted molar refractivity (Wildman–Crippen MR) is 119 cm³/mol. The van der Waals surface area contributed by atoms with Crippen LogP contribution in [0.3, 0.4) is 0 Å². The van der Waals surface area contributed by atoms with Crippen LogP contribution in [0, 0.1) is 11.7 Å². The molecule has 31 heavy (non-hydrogen) atoms. The lowest BCUT2D eigenvalue weighted by atomic mass is 9.92. The highest BCUT2D eigenvalue weighted by Gasteiger charge is 2.22. The number of likely N-dealkylation sites (tertiary alicyclic amines) is 1. The summed E-state index contributed by atoms with van der Waals surface area (Å²) < 4.78 is 15.9. The summed E-state index contributed by atoms with van der Waals surface area (Å²) in [5.41, 5.74) is 1.06. The van der Waals surface area contributed by atoms with Crippen LogP contribution >= 0.6 is 0 Å². The molecule has 0 saturated carbocycles. The summed E-state index contributed by atoms with van der Waals surface area (Å²) in [6.45, 7) is 2.27. The van der Waals surface area contributed by atoms with Gasteiger partial charge < -0.3 is 5.32 Å². The monoisotopic (exact) mass is 422 g/mol. The van der Waals surface area contributed by atoms with Gasteiger partial charge in [-0.3, -0.25) is 19.1 Å². The number of nitrogens with one attached hydrogen (secondary N) is 1. The van der Waals surface area contributed by atoms with Crippen molar-refractivity contribution < 1.29 is 9.18 Å². The Morgan fingerprint density at radius 1 is 1.19 bits per heavy atom. The van der Waals surface area contributed by atoms with Gasteiger partial charge in [0.25, 0.3) is 5.56 Å². The van der Waals surface area contributed by atoms with Crippen LogP contribution in [0.1, 0.15) is 31.2 Å². The topological polar surface area (TPSA) is 67.2 Å². The Bertz CT molecular complexity index is 1140. The van der Waals surface area contributed by atoms with Crippen LogP contribution in [0.5, 0.6) is 0 Å². The van der Waals surface area contributed by atoms with Gasteiger partial charge in [0.15, 0.2) is 0 Å². The molecule has 3 aromatic rings. The van der Waals surface area contributed by atoms with Crippen molar-refractivity contribution in [1.82, 2.24) is 19.8 Å². The molecule has 1 amide bonds. The third kappa shape index (κ3) is 4.66. The normalized spacial score (nSPS) is 15.3. The Hall–Kier alpha value is -3.06. The fraction of sp³-hybridized carbons (Fsp3) is 0.375. The van der Waals surface area contributed by atoms with Crippen LogP contribution in [0.4, 0.5) is 4.39 Å². The molecule has 1 saturated heterocycles. The molecule has 0 unspecified atom stereocenters. The number of hydrogen-bond donors (Lipinski definition) is 1. The van der Waals surface area contributed by atoms with Crippen LogP contribution in [0.2, 0.25) is 0 Å². The fourth-order valence-corrected chi connectivity index (χ4v) is 4.30. The molecule has 1 aromatic carbocycles. The highest BCUT2D eigenvalue weighted by atomic mass is 19.1. The number of aromatic nitrogens is 2. The van der Waals surface area contributed by atoms with Crippen LogP contribution < -0.4 is 10.9 Å². The van der Waals surface area contributed by atoms with Gasteiger partial charge in [0.2, 0.25) is 5.91 Å². The maximum Gasteiger partial charge on any atom is 0.261 e. The molecule has 1 aliphatic rings. The van der Waals surface area contributed by atoms with Gasteiger partial charge in [0, 0.05) is 37.2 Å². The first kappa shape index (κ1) is 21.2. The average Bonchev–Trinajstić information content (AvgIpc) is 2.80. The summed E-state index contributed by atoms with van der Waals surface area (Å²) in [5.74, 6) is 0.163. The second-order valence-electron chi connectivity index (χ2n) is 8.11. The van der Waals surface area contributed by atoms with E-state index in [-0.39, 0.29) is 17.2 Å². The lowest BCUT2D eigenvalue weighted by Crippen LogP contribution is -2.36. The minimum absolute atomic E-state index is 0.0842. The first-order valence-electron chi connectivity index (χ1n) is 10.7. The van der Waals surface area contributed by atoms with E-state index in [2.05, 4.69) is 15.2 Å². The Morgan fingerprint density at radius 3 is 2.71 bits per heavy atom. The molecule has 1 aliphatic heterocycles. The summed E-state index contributed by atoms with van der Waals surface area (Å²) >= 11 is 0. The number of carbonyl (C=O) groups is 1. The quantitative estimate of drug-likeness (QED) is 0.662. The molecule has 6 nitrogen and oxygen atoms in total. The van der Waals surface area contributed by atoms with E-state index < -0.39 is 5.82 Å². The summed E-state index contributed by atoms with van der Waals surface area (Å²) in [7, 11) is 1.66. The minimum atomic E-state index is -0.453. The van der Waals surface area contributed by atoms with E-state index in [1.54, 1.807) is 31.4 Å². The third-order valence-electron chi connectivity index (χ3n) is 6.09. The zero-order valence-corrected chi connectivity index (χ0v) is 17.7. The summed E-state index contributed by atoms with van der Waals surface area (Å²) in [4.78, 5) is 31.5. The van der Waals surface area contributed by atoms with Crippen molar-refractivity contribution in [3.8, 4) is 5.69 Å². The lowest BCUT2D eigenvalue weighted by Gasteiger charge is -2.31. The molecular formula is C24H27FN4O2. The molecule has 1 fully saturated rings. The zero-order valence-electron chi connectivity index (χ0n) is 17.7. The minimum Gasteiger partial charge on any atom is -0.359 e. The smallest absolute Gasteiger partial charge is 0.261 e. The molecule has 0 aliphatic carbocycles. The molecule has 2 aromatic heterocycles. The number of para-hydroxylation sites is 1. The van der Waals surface area contributed by atoms with E-state index in [1.165, 1.54) is 10.6 Å². The molecule has 7 heteroatoms. The van der Waals surface area contributed by atoms with Gasteiger partial charge >= 0.3 is 0 Å². The maximum atomic E-state index is 14.5.